The summed E-state index contributed by atoms with van der Waals surface area (Å²) in [6, 6.07) is 9.79. The van der Waals surface area contributed by atoms with E-state index in [1.807, 2.05) is 30.3 Å². The number of fused-ring (bicyclic) bond motifs is 1. The van der Waals surface area contributed by atoms with E-state index in [4.69, 9.17) is 14.2 Å². The molecule has 2 heterocycles. The Morgan fingerprint density at radius 1 is 1.10 bits per heavy atom. The second-order valence-electron chi connectivity index (χ2n) is 6.11. The van der Waals surface area contributed by atoms with Gasteiger partial charge in [0.25, 0.3) is 0 Å². The minimum absolute atomic E-state index is 0.0514. The Labute approximate surface area is 124 Å². The Hall–Kier alpha value is -2.23. The van der Waals surface area contributed by atoms with E-state index in [2.05, 4.69) is 25.8 Å². The van der Waals surface area contributed by atoms with Gasteiger partial charge in [0.15, 0.2) is 11.5 Å². The summed E-state index contributed by atoms with van der Waals surface area (Å²) in [4.78, 5) is 4.45. The van der Waals surface area contributed by atoms with Crippen molar-refractivity contribution in [3.05, 3.63) is 47.8 Å². The highest BCUT2D eigenvalue weighted by Gasteiger charge is 2.15. The molecule has 0 saturated carbocycles. The largest absolute Gasteiger partial charge is 0.487 e. The molecule has 1 aliphatic heterocycles. The molecule has 1 aromatic carbocycles. The molecule has 0 unspecified atom stereocenters. The number of nitrogens with zero attached hydrogens (tertiary/aromatic N) is 1. The van der Waals surface area contributed by atoms with Gasteiger partial charge in [-0.05, 0) is 29.8 Å². The number of rotatable bonds is 3. The van der Waals surface area contributed by atoms with E-state index in [1.54, 1.807) is 6.20 Å². The molecule has 2 aromatic rings. The molecule has 110 valence electrons. The molecule has 0 amide bonds. The van der Waals surface area contributed by atoms with Crippen molar-refractivity contribution in [2.45, 2.75) is 32.8 Å². The van der Waals surface area contributed by atoms with Crippen LogP contribution in [0.15, 0.2) is 36.5 Å². The first kappa shape index (κ1) is 13.7. The van der Waals surface area contributed by atoms with Crippen LogP contribution in [0.5, 0.6) is 17.2 Å². The molecular formula is C17H19NO3. The van der Waals surface area contributed by atoms with Crippen LogP contribution in [0.2, 0.25) is 0 Å². The Balaban J connectivity index is 1.65. The highest BCUT2D eigenvalue weighted by molar-refractivity contribution is 5.44. The lowest BCUT2D eigenvalue weighted by Gasteiger charge is -2.17. The second-order valence-corrected chi connectivity index (χ2v) is 6.11. The van der Waals surface area contributed by atoms with E-state index in [0.29, 0.717) is 6.61 Å². The van der Waals surface area contributed by atoms with Crippen molar-refractivity contribution in [2.75, 3.05) is 6.79 Å². The first-order valence-corrected chi connectivity index (χ1v) is 7.00. The second kappa shape index (κ2) is 5.28. The Morgan fingerprint density at radius 3 is 2.62 bits per heavy atom. The summed E-state index contributed by atoms with van der Waals surface area (Å²) >= 11 is 0. The van der Waals surface area contributed by atoms with Gasteiger partial charge in [-0.1, -0.05) is 26.8 Å². The molecule has 21 heavy (non-hydrogen) atoms. The Kier molecular flexibility index (Phi) is 3.45. The van der Waals surface area contributed by atoms with Crippen LogP contribution >= 0.6 is 0 Å². The van der Waals surface area contributed by atoms with Crippen LogP contribution in [0.4, 0.5) is 0 Å². The maximum absolute atomic E-state index is 5.76. The average molecular weight is 285 g/mol. The fourth-order valence-corrected chi connectivity index (χ4v) is 2.11. The molecule has 0 bridgehead atoms. The van der Waals surface area contributed by atoms with Crippen molar-refractivity contribution in [3.8, 4) is 17.2 Å². The Morgan fingerprint density at radius 2 is 1.90 bits per heavy atom. The zero-order valence-electron chi connectivity index (χ0n) is 12.6. The average Bonchev–Trinajstić information content (AvgIpc) is 2.92. The van der Waals surface area contributed by atoms with Crippen molar-refractivity contribution in [1.29, 1.82) is 0 Å². The standard InChI is InChI=1S/C17H19NO3/c1-17(2,3)16-7-5-13(9-18-16)19-10-12-4-6-14-15(8-12)21-11-20-14/h4-9H,10-11H2,1-3H3. The summed E-state index contributed by atoms with van der Waals surface area (Å²) < 4.78 is 16.4. The molecular weight excluding hydrogens is 266 g/mol. The molecule has 3 rings (SSSR count). The third-order valence-electron chi connectivity index (χ3n) is 3.35. The van der Waals surface area contributed by atoms with Crippen LogP contribution in [-0.4, -0.2) is 11.8 Å². The van der Waals surface area contributed by atoms with Gasteiger partial charge >= 0.3 is 0 Å². The molecule has 0 spiro atoms. The monoisotopic (exact) mass is 285 g/mol. The highest BCUT2D eigenvalue weighted by atomic mass is 16.7. The van der Waals surface area contributed by atoms with Gasteiger partial charge in [0.2, 0.25) is 6.79 Å². The third-order valence-corrected chi connectivity index (χ3v) is 3.35. The minimum Gasteiger partial charge on any atom is -0.487 e. The molecule has 0 fully saturated rings. The number of benzene rings is 1. The SMILES string of the molecule is CC(C)(C)c1ccc(OCc2ccc3c(c2)OCO3)cn1. The van der Waals surface area contributed by atoms with E-state index in [9.17, 15) is 0 Å². The molecule has 0 N–H and O–H groups in total. The van der Waals surface area contributed by atoms with Gasteiger partial charge in [-0.2, -0.15) is 0 Å². The predicted molar refractivity (Wildman–Crippen MR) is 79.8 cm³/mol. The zero-order chi connectivity index (χ0) is 14.9. The van der Waals surface area contributed by atoms with Gasteiger partial charge in [0, 0.05) is 11.1 Å². The molecule has 0 saturated heterocycles. The normalized spacial score (nSPS) is 13.3. The molecule has 0 radical (unpaired) electrons. The van der Waals surface area contributed by atoms with Crippen LogP contribution in [0.1, 0.15) is 32.0 Å². The van der Waals surface area contributed by atoms with Gasteiger partial charge in [-0.15, -0.1) is 0 Å². The molecule has 1 aliphatic rings. The van der Waals surface area contributed by atoms with E-state index >= 15 is 0 Å². The smallest absolute Gasteiger partial charge is 0.231 e. The molecule has 0 aliphatic carbocycles. The summed E-state index contributed by atoms with van der Waals surface area (Å²) in [6.07, 6.45) is 1.77. The van der Waals surface area contributed by atoms with Crippen LogP contribution in [-0.2, 0) is 12.0 Å². The van der Waals surface area contributed by atoms with E-state index < -0.39 is 0 Å². The lowest BCUT2D eigenvalue weighted by Crippen LogP contribution is -2.13. The maximum Gasteiger partial charge on any atom is 0.231 e. The molecule has 4 heteroatoms. The van der Waals surface area contributed by atoms with Crippen molar-refractivity contribution >= 4 is 0 Å². The van der Waals surface area contributed by atoms with Crippen LogP contribution in [0.3, 0.4) is 0 Å². The number of ether oxygens (including phenoxy) is 3. The van der Waals surface area contributed by atoms with Crippen LogP contribution < -0.4 is 14.2 Å². The van der Waals surface area contributed by atoms with Gasteiger partial charge in [0.1, 0.15) is 12.4 Å². The highest BCUT2D eigenvalue weighted by Crippen LogP contribution is 2.32. The van der Waals surface area contributed by atoms with Gasteiger partial charge < -0.3 is 14.2 Å². The van der Waals surface area contributed by atoms with Crippen molar-refractivity contribution in [3.63, 3.8) is 0 Å². The minimum atomic E-state index is 0.0514. The molecule has 4 nitrogen and oxygen atoms in total. The van der Waals surface area contributed by atoms with Gasteiger partial charge in [-0.3, -0.25) is 4.98 Å². The van der Waals surface area contributed by atoms with Crippen molar-refractivity contribution in [2.24, 2.45) is 0 Å². The van der Waals surface area contributed by atoms with Crippen LogP contribution in [0, 0.1) is 0 Å². The third kappa shape index (κ3) is 3.10. The lowest BCUT2D eigenvalue weighted by atomic mass is 9.92. The Bertz CT molecular complexity index is 629. The van der Waals surface area contributed by atoms with Crippen molar-refractivity contribution < 1.29 is 14.2 Å². The van der Waals surface area contributed by atoms with E-state index in [0.717, 1.165) is 28.5 Å². The van der Waals surface area contributed by atoms with Crippen molar-refractivity contribution in [1.82, 2.24) is 4.98 Å². The maximum atomic E-state index is 5.76. The lowest BCUT2D eigenvalue weighted by molar-refractivity contribution is 0.174. The first-order valence-electron chi connectivity index (χ1n) is 7.00. The zero-order valence-corrected chi connectivity index (χ0v) is 12.6. The quantitative estimate of drug-likeness (QED) is 0.862. The summed E-state index contributed by atoms with van der Waals surface area (Å²) in [5.74, 6) is 2.33. The summed E-state index contributed by atoms with van der Waals surface area (Å²) in [5, 5.41) is 0. The number of aromatic nitrogens is 1. The molecule has 0 atom stereocenters. The molecule has 1 aromatic heterocycles. The summed E-state index contributed by atoms with van der Waals surface area (Å²) in [5.41, 5.74) is 2.15. The topological polar surface area (TPSA) is 40.6 Å². The van der Waals surface area contributed by atoms with E-state index in [1.165, 1.54) is 0 Å². The first-order chi connectivity index (χ1) is 10.0. The van der Waals surface area contributed by atoms with Crippen LogP contribution in [0.25, 0.3) is 0 Å². The van der Waals surface area contributed by atoms with E-state index in [-0.39, 0.29) is 12.2 Å². The number of hydrogen-bond donors (Lipinski definition) is 0. The number of pyridine rings is 1. The fraction of sp³-hybridized carbons (Fsp3) is 0.353. The summed E-state index contributed by atoms with van der Waals surface area (Å²) in [6.45, 7) is 7.19. The van der Waals surface area contributed by atoms with Gasteiger partial charge in [0.05, 0.1) is 6.20 Å². The predicted octanol–water partition coefficient (Wildman–Crippen LogP) is 3.69. The fourth-order valence-electron chi connectivity index (χ4n) is 2.11. The summed E-state index contributed by atoms with van der Waals surface area (Å²) in [7, 11) is 0. The number of hydrogen-bond acceptors (Lipinski definition) is 4. The van der Waals surface area contributed by atoms with Gasteiger partial charge in [-0.25, -0.2) is 0 Å².